The van der Waals surface area contributed by atoms with Crippen LogP contribution in [0.15, 0.2) is 0 Å². The van der Waals surface area contributed by atoms with Gasteiger partial charge in [0, 0.05) is 51.2 Å². The molecule has 28 heavy (non-hydrogen) atoms. The Morgan fingerprint density at radius 1 is 1.21 bits per heavy atom. The molecule has 7 heteroatoms. The highest BCUT2D eigenvalue weighted by molar-refractivity contribution is 5.76. The number of nitrogens with one attached hydrogen (secondary N) is 2. The lowest BCUT2D eigenvalue weighted by atomic mass is 9.92. The van der Waals surface area contributed by atoms with Crippen LogP contribution in [-0.2, 0) is 20.7 Å². The number of rotatable bonds is 8. The number of carbonyl (C=O) groups excluding carboxylic acids is 2. The molecule has 1 aromatic heterocycles. The number of carbonyl (C=O) groups is 2. The zero-order chi connectivity index (χ0) is 19.9. The van der Waals surface area contributed by atoms with E-state index >= 15 is 0 Å². The highest BCUT2D eigenvalue weighted by atomic mass is 16.5. The molecule has 3 heterocycles. The highest BCUT2D eigenvalue weighted by Crippen LogP contribution is 2.23. The Kier molecular flexibility index (Phi) is 7.48. The quantitative estimate of drug-likeness (QED) is 0.713. The molecule has 2 amide bonds. The van der Waals surface area contributed by atoms with E-state index in [2.05, 4.69) is 15.5 Å². The van der Waals surface area contributed by atoms with Crippen LogP contribution in [0.4, 0.5) is 0 Å². The van der Waals surface area contributed by atoms with Crippen molar-refractivity contribution in [2.75, 3.05) is 26.2 Å². The summed E-state index contributed by atoms with van der Waals surface area (Å²) in [7, 11) is 0. The lowest BCUT2D eigenvalue weighted by molar-refractivity contribution is -0.132. The molecule has 156 valence electrons. The average molecular weight is 391 g/mol. The van der Waals surface area contributed by atoms with E-state index in [1.54, 1.807) is 0 Å². The molecule has 2 aliphatic rings. The summed E-state index contributed by atoms with van der Waals surface area (Å²) >= 11 is 0. The van der Waals surface area contributed by atoms with Gasteiger partial charge in [-0.05, 0) is 57.4 Å². The van der Waals surface area contributed by atoms with Crippen LogP contribution in [0.1, 0.15) is 61.9 Å². The number of ether oxygens (including phenoxy) is 1. The standard InChI is InChI=1S/C21H34N4O3/c1-15-16(2)23-24-19(15)6-8-21(27)25-11-9-17(10-12-25)5-7-20(26)22-14-18-4-3-13-28-18/h17-18H,3-14H2,1-2H3,(H,22,26)(H,23,24)/t18-/m0/s1. The van der Waals surface area contributed by atoms with Gasteiger partial charge in [-0.25, -0.2) is 0 Å². The van der Waals surface area contributed by atoms with Crippen molar-refractivity contribution in [2.45, 2.75) is 71.3 Å². The third-order valence-electron chi connectivity index (χ3n) is 6.23. The SMILES string of the molecule is Cc1[nH]nc(CCC(=O)N2CCC(CCC(=O)NC[C@@H]3CCCO3)CC2)c1C. The lowest BCUT2D eigenvalue weighted by Crippen LogP contribution is -2.39. The molecule has 0 radical (unpaired) electrons. The molecule has 2 fully saturated rings. The number of piperidine rings is 1. The molecule has 2 aliphatic heterocycles. The lowest BCUT2D eigenvalue weighted by Gasteiger charge is -2.32. The molecule has 7 nitrogen and oxygen atoms in total. The van der Waals surface area contributed by atoms with Crippen LogP contribution in [0.3, 0.4) is 0 Å². The first-order valence-electron chi connectivity index (χ1n) is 10.7. The third-order valence-corrected chi connectivity index (χ3v) is 6.23. The maximum Gasteiger partial charge on any atom is 0.222 e. The second kappa shape index (κ2) is 10.0. The number of hydrogen-bond donors (Lipinski definition) is 2. The van der Waals surface area contributed by atoms with Crippen molar-refractivity contribution < 1.29 is 14.3 Å². The number of aromatic nitrogens is 2. The third kappa shape index (κ3) is 5.80. The first-order chi connectivity index (χ1) is 13.5. The molecular weight excluding hydrogens is 356 g/mol. The Balaban J connectivity index is 1.29. The maximum atomic E-state index is 12.5. The van der Waals surface area contributed by atoms with Crippen molar-refractivity contribution in [3.05, 3.63) is 17.0 Å². The number of amides is 2. The molecular formula is C21H34N4O3. The van der Waals surface area contributed by atoms with Crippen LogP contribution in [0.2, 0.25) is 0 Å². The number of aromatic amines is 1. The van der Waals surface area contributed by atoms with Gasteiger partial charge in [0.25, 0.3) is 0 Å². The maximum absolute atomic E-state index is 12.5. The Labute approximate surface area is 167 Å². The second-order valence-corrected chi connectivity index (χ2v) is 8.22. The van der Waals surface area contributed by atoms with Gasteiger partial charge in [-0.2, -0.15) is 5.10 Å². The van der Waals surface area contributed by atoms with Gasteiger partial charge in [0.15, 0.2) is 0 Å². The van der Waals surface area contributed by atoms with Gasteiger partial charge in [0.2, 0.25) is 11.8 Å². The van der Waals surface area contributed by atoms with Crippen LogP contribution in [0.25, 0.3) is 0 Å². The van der Waals surface area contributed by atoms with Crippen LogP contribution in [0, 0.1) is 19.8 Å². The summed E-state index contributed by atoms with van der Waals surface area (Å²) in [6.07, 6.45) is 7.02. The number of hydrogen-bond acceptors (Lipinski definition) is 4. The van der Waals surface area contributed by atoms with Crippen molar-refractivity contribution in [3.63, 3.8) is 0 Å². The normalized spacial score (nSPS) is 20.5. The fraction of sp³-hybridized carbons (Fsp3) is 0.762. The van der Waals surface area contributed by atoms with Gasteiger partial charge in [-0.1, -0.05) is 0 Å². The smallest absolute Gasteiger partial charge is 0.222 e. The van der Waals surface area contributed by atoms with E-state index in [4.69, 9.17) is 4.74 Å². The summed E-state index contributed by atoms with van der Waals surface area (Å²) in [6, 6.07) is 0. The molecule has 2 saturated heterocycles. The van der Waals surface area contributed by atoms with Gasteiger partial charge in [0.1, 0.15) is 0 Å². The summed E-state index contributed by atoms with van der Waals surface area (Å²) in [6.45, 7) is 7.11. The fourth-order valence-corrected chi connectivity index (χ4v) is 4.09. The molecule has 0 unspecified atom stereocenters. The van der Waals surface area contributed by atoms with Gasteiger partial charge in [-0.15, -0.1) is 0 Å². The zero-order valence-corrected chi connectivity index (χ0v) is 17.3. The molecule has 0 aromatic carbocycles. The number of likely N-dealkylation sites (tertiary alicyclic amines) is 1. The van der Waals surface area contributed by atoms with Crippen LogP contribution in [-0.4, -0.2) is 59.3 Å². The largest absolute Gasteiger partial charge is 0.376 e. The van der Waals surface area contributed by atoms with Gasteiger partial charge < -0.3 is 15.0 Å². The molecule has 3 rings (SSSR count). The number of nitrogens with zero attached hydrogens (tertiary/aromatic N) is 2. The second-order valence-electron chi connectivity index (χ2n) is 8.22. The summed E-state index contributed by atoms with van der Waals surface area (Å²) in [5.74, 6) is 0.875. The van der Waals surface area contributed by atoms with E-state index in [-0.39, 0.29) is 17.9 Å². The summed E-state index contributed by atoms with van der Waals surface area (Å²) in [5.41, 5.74) is 3.22. The van der Waals surface area contributed by atoms with Crippen LogP contribution in [0.5, 0.6) is 0 Å². The Morgan fingerprint density at radius 2 is 2.00 bits per heavy atom. The molecule has 0 bridgehead atoms. The van der Waals surface area contributed by atoms with E-state index in [0.717, 1.165) is 68.8 Å². The van der Waals surface area contributed by atoms with Crippen LogP contribution < -0.4 is 5.32 Å². The van der Waals surface area contributed by atoms with Crippen LogP contribution >= 0.6 is 0 Å². The van der Waals surface area contributed by atoms with E-state index in [1.807, 2.05) is 18.7 Å². The summed E-state index contributed by atoms with van der Waals surface area (Å²) in [4.78, 5) is 26.5. The summed E-state index contributed by atoms with van der Waals surface area (Å²) in [5, 5.41) is 10.3. The highest BCUT2D eigenvalue weighted by Gasteiger charge is 2.24. The number of H-pyrrole nitrogens is 1. The van der Waals surface area contributed by atoms with Gasteiger partial charge in [-0.3, -0.25) is 14.7 Å². The van der Waals surface area contributed by atoms with E-state index < -0.39 is 0 Å². The Morgan fingerprint density at radius 3 is 2.64 bits per heavy atom. The molecule has 1 atom stereocenters. The van der Waals surface area contributed by atoms with Crippen molar-refractivity contribution in [2.24, 2.45) is 5.92 Å². The molecule has 0 spiro atoms. The first-order valence-corrected chi connectivity index (χ1v) is 10.7. The predicted octanol–water partition coefficient (Wildman–Crippen LogP) is 2.27. The van der Waals surface area contributed by atoms with E-state index in [9.17, 15) is 9.59 Å². The Hall–Kier alpha value is -1.89. The van der Waals surface area contributed by atoms with Crippen molar-refractivity contribution in [1.82, 2.24) is 20.4 Å². The first kappa shape index (κ1) is 20.8. The Bertz CT molecular complexity index is 659. The summed E-state index contributed by atoms with van der Waals surface area (Å²) < 4.78 is 5.53. The van der Waals surface area contributed by atoms with E-state index in [0.29, 0.717) is 31.7 Å². The fourth-order valence-electron chi connectivity index (χ4n) is 4.09. The topological polar surface area (TPSA) is 87.3 Å². The monoisotopic (exact) mass is 390 g/mol. The zero-order valence-electron chi connectivity index (χ0n) is 17.3. The molecule has 2 N–H and O–H groups in total. The minimum atomic E-state index is 0.124. The van der Waals surface area contributed by atoms with Crippen molar-refractivity contribution >= 4 is 11.8 Å². The predicted molar refractivity (Wildman–Crippen MR) is 107 cm³/mol. The molecule has 1 aromatic rings. The molecule has 0 aliphatic carbocycles. The van der Waals surface area contributed by atoms with Gasteiger partial charge in [0.05, 0.1) is 11.8 Å². The minimum Gasteiger partial charge on any atom is -0.376 e. The number of aryl methyl sites for hydroxylation is 2. The molecule has 0 saturated carbocycles. The van der Waals surface area contributed by atoms with Crippen molar-refractivity contribution in [3.8, 4) is 0 Å². The van der Waals surface area contributed by atoms with Gasteiger partial charge >= 0.3 is 0 Å². The minimum absolute atomic E-state index is 0.124. The average Bonchev–Trinajstić information content (AvgIpc) is 3.34. The van der Waals surface area contributed by atoms with Crippen molar-refractivity contribution in [1.29, 1.82) is 0 Å². The van der Waals surface area contributed by atoms with E-state index in [1.165, 1.54) is 0 Å².